The SMILES string of the molecule is CC(C)(C)c1cc2c(O)c(c1)Cc1cc(C(C)(C)C)cc3c1O[P@](Cl)Oc1c(cc(C(C)(C)C)cc1Cc1cc(C(C)(C)C)cc4c1O[P@@](Cl)Oc1c(cc(C(C)(C)C)cc1C4)C2)C3. The van der Waals surface area contributed by atoms with Gasteiger partial charge in [0.1, 0.15) is 28.7 Å². The highest BCUT2D eigenvalue weighted by molar-refractivity contribution is 7.77. The van der Waals surface area contributed by atoms with Crippen molar-refractivity contribution >= 4 is 37.9 Å². The van der Waals surface area contributed by atoms with E-state index in [1.165, 1.54) is 22.3 Å². The van der Waals surface area contributed by atoms with Gasteiger partial charge in [0.05, 0.1) is 0 Å². The third-order valence-corrected chi connectivity index (χ3v) is 15.3. The number of phenols is 1. The van der Waals surface area contributed by atoms with Gasteiger partial charge >= 0.3 is 15.5 Å². The molecule has 14 bridgehead atoms. The first-order valence-corrected chi connectivity index (χ1v) is 26.8. The van der Waals surface area contributed by atoms with E-state index in [9.17, 15) is 5.11 Å². The predicted octanol–water partition coefficient (Wildman–Crippen LogP) is 16.6. The molecule has 0 amide bonds. The highest BCUT2D eigenvalue weighted by Gasteiger charge is 2.34. The summed E-state index contributed by atoms with van der Waals surface area (Å²) in [6.45, 7) is 33.7. The highest BCUT2D eigenvalue weighted by atomic mass is 35.7. The van der Waals surface area contributed by atoms with Gasteiger partial charge in [-0.05, 0) is 133 Å². The Morgan fingerprint density at radius 3 is 0.656 bits per heavy atom. The van der Waals surface area contributed by atoms with Gasteiger partial charge in [-0.15, -0.1) is 0 Å². The van der Waals surface area contributed by atoms with Crippen molar-refractivity contribution in [1.82, 2.24) is 0 Å². The Hall–Kier alpha value is -3.46. The smallest absolute Gasteiger partial charge is 0.401 e. The second-order valence-electron chi connectivity index (χ2n) is 23.6. The minimum absolute atomic E-state index is 0.167. The maximum atomic E-state index is 12.6. The Morgan fingerprint density at radius 2 is 0.484 bits per heavy atom. The lowest BCUT2D eigenvalue weighted by atomic mass is 9.79. The summed E-state index contributed by atoms with van der Waals surface area (Å²) in [7, 11) is -3.90. The van der Waals surface area contributed by atoms with E-state index in [0.29, 0.717) is 32.1 Å². The number of halogens is 2. The van der Waals surface area contributed by atoms with Gasteiger partial charge in [0.2, 0.25) is 0 Å². The van der Waals surface area contributed by atoms with Gasteiger partial charge in [-0.1, -0.05) is 165 Å². The zero-order valence-electron chi connectivity index (χ0n) is 40.5. The van der Waals surface area contributed by atoms with Crippen LogP contribution in [0, 0.1) is 0 Å². The van der Waals surface area contributed by atoms with E-state index >= 15 is 0 Å². The molecule has 11 rings (SSSR count). The fourth-order valence-electron chi connectivity index (χ4n) is 9.08. The summed E-state index contributed by atoms with van der Waals surface area (Å²) in [5.41, 5.74) is 14.8. The van der Waals surface area contributed by atoms with Gasteiger partial charge in [0, 0.05) is 32.1 Å². The first-order chi connectivity index (χ1) is 29.5. The van der Waals surface area contributed by atoms with Crippen LogP contribution in [0.25, 0.3) is 0 Å². The van der Waals surface area contributed by atoms with Crippen LogP contribution in [0.3, 0.4) is 0 Å². The molecule has 0 saturated carbocycles. The van der Waals surface area contributed by atoms with Crippen molar-refractivity contribution in [3.63, 3.8) is 0 Å². The molecule has 1 N–H and O–H groups in total. The van der Waals surface area contributed by atoms with E-state index in [-0.39, 0.29) is 32.8 Å². The monoisotopic (exact) mass is 938 g/mol. The van der Waals surface area contributed by atoms with Crippen molar-refractivity contribution in [3.8, 4) is 28.7 Å². The largest absolute Gasteiger partial charge is 0.507 e. The molecular weight excluding hydrogens is 873 g/mol. The van der Waals surface area contributed by atoms with Crippen molar-refractivity contribution in [2.45, 2.75) is 163 Å². The normalized spacial score (nSPS) is 17.7. The molecule has 9 heteroatoms. The van der Waals surface area contributed by atoms with Crippen molar-refractivity contribution in [2.75, 3.05) is 0 Å². The van der Waals surface area contributed by atoms with Crippen LogP contribution in [0.4, 0.5) is 0 Å². The van der Waals surface area contributed by atoms with Crippen LogP contribution in [0.1, 0.15) is 187 Å². The van der Waals surface area contributed by atoms with Crippen LogP contribution >= 0.6 is 37.9 Å². The van der Waals surface area contributed by atoms with Crippen LogP contribution in [0.2, 0.25) is 0 Å². The number of hydrogen-bond acceptors (Lipinski definition) is 5. The van der Waals surface area contributed by atoms with E-state index in [4.69, 9.17) is 40.6 Å². The molecule has 2 atom stereocenters. The summed E-state index contributed by atoms with van der Waals surface area (Å²) in [4.78, 5) is 0. The molecular formula is C55H66Cl2O5P2. The molecule has 0 radical (unpaired) electrons. The van der Waals surface area contributed by atoms with Crippen LogP contribution in [-0.2, 0) is 59.2 Å². The topological polar surface area (TPSA) is 57.2 Å². The summed E-state index contributed by atoms with van der Waals surface area (Å²) in [6.07, 6.45) is 2.52. The molecule has 5 aliphatic heterocycles. The Kier molecular flexibility index (Phi) is 12.1. The maximum absolute atomic E-state index is 12.6. The van der Waals surface area contributed by atoms with E-state index in [1.807, 2.05) is 0 Å². The summed E-state index contributed by atoms with van der Waals surface area (Å²) in [5, 5.41) is 12.6. The third-order valence-electron chi connectivity index (χ3n) is 13.1. The number of phenolic OH excluding ortho intramolecular Hbond substituents is 1. The number of aromatic hydroxyl groups is 1. The quantitative estimate of drug-likeness (QED) is 0.154. The molecule has 5 aromatic rings. The lowest BCUT2D eigenvalue weighted by Gasteiger charge is -2.31. The van der Waals surface area contributed by atoms with E-state index in [2.05, 4.69) is 165 Å². The molecule has 0 unspecified atom stereocenters. The first kappa shape index (κ1) is 47.0. The lowest BCUT2D eigenvalue weighted by Crippen LogP contribution is -2.18. The zero-order valence-corrected chi connectivity index (χ0v) is 43.8. The maximum Gasteiger partial charge on any atom is 0.401 e. The molecule has 0 aromatic heterocycles. The van der Waals surface area contributed by atoms with Crippen LogP contribution in [-0.4, -0.2) is 5.11 Å². The van der Waals surface area contributed by atoms with Crippen molar-refractivity contribution in [3.05, 3.63) is 144 Å². The van der Waals surface area contributed by atoms with Gasteiger partial charge in [-0.2, -0.15) is 0 Å². The zero-order chi connectivity index (χ0) is 46.6. The van der Waals surface area contributed by atoms with Crippen molar-refractivity contribution in [1.29, 1.82) is 0 Å². The Bertz CT molecular complexity index is 2500. The Balaban J connectivity index is 1.52. The number of benzene rings is 5. The molecule has 64 heavy (non-hydrogen) atoms. The summed E-state index contributed by atoms with van der Waals surface area (Å²) >= 11 is 14.6. The second kappa shape index (κ2) is 16.4. The fourth-order valence-corrected chi connectivity index (χ4v) is 11.5. The summed E-state index contributed by atoms with van der Waals surface area (Å²) < 4.78 is 27.3. The minimum atomic E-state index is -1.95. The average Bonchev–Trinajstić information content (AvgIpc) is 3.13. The van der Waals surface area contributed by atoms with Crippen LogP contribution in [0.15, 0.2) is 60.7 Å². The number of rotatable bonds is 0. The minimum Gasteiger partial charge on any atom is -0.507 e. The average molecular weight is 940 g/mol. The molecule has 5 heterocycles. The van der Waals surface area contributed by atoms with Gasteiger partial charge < -0.3 is 23.2 Å². The van der Waals surface area contributed by atoms with Crippen LogP contribution < -0.4 is 18.1 Å². The number of hydrogen-bond donors (Lipinski definition) is 1. The van der Waals surface area contributed by atoms with Crippen molar-refractivity contribution in [2.24, 2.45) is 0 Å². The highest BCUT2D eigenvalue weighted by Crippen LogP contribution is 2.56. The molecule has 5 aromatic carbocycles. The molecule has 0 fully saturated rings. The van der Waals surface area contributed by atoms with Gasteiger partial charge in [0.25, 0.3) is 0 Å². The van der Waals surface area contributed by atoms with Crippen LogP contribution in [0.5, 0.6) is 28.7 Å². The fraction of sp³-hybridized carbons (Fsp3) is 0.455. The first-order valence-electron chi connectivity index (χ1n) is 22.7. The molecule has 0 spiro atoms. The van der Waals surface area contributed by atoms with Gasteiger partial charge in [0.15, 0.2) is 0 Å². The third kappa shape index (κ3) is 9.54. The molecule has 1 aliphatic carbocycles. The Morgan fingerprint density at radius 1 is 0.328 bits per heavy atom. The van der Waals surface area contributed by atoms with E-state index in [0.717, 1.165) is 84.2 Å². The predicted molar refractivity (Wildman–Crippen MR) is 269 cm³/mol. The molecule has 5 nitrogen and oxygen atoms in total. The van der Waals surface area contributed by atoms with Crippen molar-refractivity contribution < 1.29 is 23.2 Å². The second-order valence-corrected chi connectivity index (χ2v) is 26.8. The Labute approximate surface area is 395 Å². The summed E-state index contributed by atoms with van der Waals surface area (Å²) in [5.74, 6) is 3.19. The lowest BCUT2D eigenvalue weighted by molar-refractivity contribution is 0.459. The van der Waals surface area contributed by atoms with Gasteiger partial charge in [-0.25, -0.2) is 0 Å². The molecule has 0 saturated heterocycles. The van der Waals surface area contributed by atoms with E-state index < -0.39 is 15.5 Å². The summed E-state index contributed by atoms with van der Waals surface area (Å²) in [6, 6.07) is 22.6. The van der Waals surface area contributed by atoms with E-state index in [1.54, 1.807) is 0 Å². The van der Waals surface area contributed by atoms with Gasteiger partial charge in [-0.3, -0.25) is 0 Å². The molecule has 340 valence electrons. The standard InChI is InChI=1S/C55H66Cl2O5P2/c1-51(2,3)41-21-31-16-33-23-42(52(4,5)6)25-35-18-37-27-44(54(10,11)12)29-39(49(37)61-63(56)59-47(33)35)20-40-30-45(55(13,14)15)28-38-19-36-26-43(53(7,8)9)24-34(17-32(22-41)46(31)58)48(36)60-64(57)62-50(38)40/h21-30,58H,16-20H2,1-15H3/t63-,64-/m0/s1. The molecule has 6 aliphatic rings.